The van der Waals surface area contributed by atoms with Gasteiger partial charge in [-0.1, -0.05) is 30.3 Å². The van der Waals surface area contributed by atoms with Crippen LogP contribution >= 0.6 is 0 Å². The van der Waals surface area contributed by atoms with E-state index in [4.69, 9.17) is 4.98 Å². The maximum atomic E-state index is 14.0. The Morgan fingerprint density at radius 1 is 0.875 bits per heavy atom. The normalized spacial score (nSPS) is 12.6. The molecule has 0 unspecified atom stereocenters. The Bertz CT molecular complexity index is 1300. The van der Waals surface area contributed by atoms with Gasteiger partial charge in [-0.15, -0.1) is 0 Å². The molecule has 1 aliphatic rings. The van der Waals surface area contributed by atoms with Crippen LogP contribution in [0.5, 0.6) is 0 Å². The molecule has 5 heteroatoms. The molecule has 4 aromatic rings. The number of fused-ring (bicyclic) bond motifs is 3. The summed E-state index contributed by atoms with van der Waals surface area (Å²) < 4.78 is 28.0. The quantitative estimate of drug-likeness (QED) is 0.376. The molecule has 0 saturated carbocycles. The third-order valence-corrected chi connectivity index (χ3v) is 5.88. The van der Waals surface area contributed by atoms with E-state index in [2.05, 4.69) is 23.2 Å². The van der Waals surface area contributed by atoms with Gasteiger partial charge >= 0.3 is 0 Å². The summed E-state index contributed by atoms with van der Waals surface area (Å²) in [6.07, 6.45) is 7.86. The maximum Gasteiger partial charge on any atom is 0.173 e. The molecule has 3 nitrogen and oxygen atoms in total. The van der Waals surface area contributed by atoms with E-state index in [1.165, 1.54) is 11.6 Å². The number of aryl methyl sites for hydroxylation is 2. The summed E-state index contributed by atoms with van der Waals surface area (Å²) >= 11 is 0. The summed E-state index contributed by atoms with van der Waals surface area (Å²) in [5.41, 5.74) is 6.54. The smallest absolute Gasteiger partial charge is 0.173 e. The average Bonchev–Trinajstić information content (AvgIpc) is 2.98. The minimum atomic E-state index is -0.838. The molecule has 0 spiro atoms. The van der Waals surface area contributed by atoms with Crippen LogP contribution in [0.2, 0.25) is 0 Å². The topological polar surface area (TPSA) is 42.9 Å². The van der Waals surface area contributed by atoms with Crippen molar-refractivity contribution in [3.05, 3.63) is 107 Å². The van der Waals surface area contributed by atoms with E-state index < -0.39 is 23.0 Å². The standard InChI is InChI=1S/C27H20F2N2O/c28-23-7-2-8-24(29)26(23)25(32)13-17-12-20-5-1-4-18-9-10-19(21-6-3-11-30-16-21)14-22(18)27(20)31-15-17/h2-3,6-12,14-16H,1,4-5,13H2. The number of aromatic nitrogens is 2. The lowest BCUT2D eigenvalue weighted by Gasteiger charge is -2.12. The predicted octanol–water partition coefficient (Wildman–Crippen LogP) is 6.00. The summed E-state index contributed by atoms with van der Waals surface area (Å²) in [5.74, 6) is -2.26. The van der Waals surface area contributed by atoms with Crippen molar-refractivity contribution in [1.29, 1.82) is 0 Å². The second-order valence-corrected chi connectivity index (χ2v) is 8.02. The number of hydrogen-bond donors (Lipinski definition) is 0. The summed E-state index contributed by atoms with van der Waals surface area (Å²) in [4.78, 5) is 21.5. The van der Waals surface area contributed by atoms with Crippen LogP contribution in [0, 0.1) is 11.6 Å². The van der Waals surface area contributed by atoms with Crippen molar-refractivity contribution in [3.63, 3.8) is 0 Å². The average molecular weight is 426 g/mol. The Kier molecular flexibility index (Phi) is 5.31. The molecule has 0 amide bonds. The predicted molar refractivity (Wildman–Crippen MR) is 119 cm³/mol. The monoisotopic (exact) mass is 426 g/mol. The minimum Gasteiger partial charge on any atom is -0.294 e. The molecule has 2 aromatic carbocycles. The maximum absolute atomic E-state index is 14.0. The van der Waals surface area contributed by atoms with Crippen LogP contribution in [0.1, 0.15) is 33.5 Å². The van der Waals surface area contributed by atoms with Gasteiger partial charge in [-0.25, -0.2) is 8.78 Å². The fourth-order valence-electron chi connectivity index (χ4n) is 4.32. The highest BCUT2D eigenvalue weighted by Gasteiger charge is 2.20. The van der Waals surface area contributed by atoms with E-state index in [1.54, 1.807) is 12.4 Å². The van der Waals surface area contributed by atoms with Crippen molar-refractivity contribution in [2.45, 2.75) is 25.7 Å². The number of halogens is 2. The van der Waals surface area contributed by atoms with Gasteiger partial charge in [0, 0.05) is 36.1 Å². The highest BCUT2D eigenvalue weighted by molar-refractivity contribution is 5.98. The van der Waals surface area contributed by atoms with E-state index in [0.29, 0.717) is 5.56 Å². The van der Waals surface area contributed by atoms with E-state index in [9.17, 15) is 13.6 Å². The summed E-state index contributed by atoms with van der Waals surface area (Å²) in [5, 5.41) is 0. The summed E-state index contributed by atoms with van der Waals surface area (Å²) in [6.45, 7) is 0. The molecule has 0 saturated heterocycles. The number of carbonyl (C=O) groups excluding carboxylic acids is 1. The first kappa shape index (κ1) is 20.2. The van der Waals surface area contributed by atoms with Gasteiger partial charge in [-0.2, -0.15) is 0 Å². The van der Waals surface area contributed by atoms with Crippen LogP contribution in [-0.4, -0.2) is 15.8 Å². The molecule has 2 heterocycles. The molecular weight excluding hydrogens is 406 g/mol. The summed E-state index contributed by atoms with van der Waals surface area (Å²) in [6, 6.07) is 15.7. The van der Waals surface area contributed by atoms with Crippen molar-refractivity contribution in [2.75, 3.05) is 0 Å². The lowest BCUT2D eigenvalue weighted by Crippen LogP contribution is -2.10. The molecule has 0 aliphatic heterocycles. The summed E-state index contributed by atoms with van der Waals surface area (Å²) in [7, 11) is 0. The zero-order valence-electron chi connectivity index (χ0n) is 17.3. The zero-order chi connectivity index (χ0) is 22.1. The number of hydrogen-bond acceptors (Lipinski definition) is 3. The highest BCUT2D eigenvalue weighted by Crippen LogP contribution is 2.34. The van der Waals surface area contributed by atoms with E-state index in [0.717, 1.165) is 59.3 Å². The van der Waals surface area contributed by atoms with Gasteiger partial charge < -0.3 is 0 Å². The molecule has 0 radical (unpaired) electrons. The Labute approximate surface area is 184 Å². The van der Waals surface area contributed by atoms with Crippen molar-refractivity contribution in [1.82, 2.24) is 9.97 Å². The van der Waals surface area contributed by atoms with E-state index in [1.807, 2.05) is 24.4 Å². The van der Waals surface area contributed by atoms with Crippen LogP contribution in [0.15, 0.2) is 73.2 Å². The van der Waals surface area contributed by atoms with Crippen LogP contribution in [0.25, 0.3) is 22.4 Å². The first-order chi connectivity index (χ1) is 15.6. The Morgan fingerprint density at radius 3 is 2.47 bits per heavy atom. The number of benzene rings is 2. The molecule has 32 heavy (non-hydrogen) atoms. The van der Waals surface area contributed by atoms with Gasteiger partial charge in [-0.05, 0) is 65.8 Å². The van der Waals surface area contributed by atoms with Crippen LogP contribution in [0.3, 0.4) is 0 Å². The second-order valence-electron chi connectivity index (χ2n) is 8.02. The van der Waals surface area contributed by atoms with E-state index >= 15 is 0 Å². The first-order valence-corrected chi connectivity index (χ1v) is 10.6. The lowest BCUT2D eigenvalue weighted by atomic mass is 9.95. The fraction of sp³-hybridized carbons (Fsp3) is 0.148. The van der Waals surface area contributed by atoms with Gasteiger partial charge in [0.15, 0.2) is 5.78 Å². The molecular formula is C27H20F2N2O. The van der Waals surface area contributed by atoms with Crippen molar-refractivity contribution in [2.24, 2.45) is 0 Å². The van der Waals surface area contributed by atoms with Gasteiger partial charge in [0.2, 0.25) is 0 Å². The van der Waals surface area contributed by atoms with Gasteiger partial charge in [0.1, 0.15) is 11.6 Å². The fourth-order valence-corrected chi connectivity index (χ4v) is 4.32. The SMILES string of the molecule is O=C(Cc1cnc2c(c1)CCCc1ccc(-c3cccnc3)cc1-2)c1c(F)cccc1F. The number of rotatable bonds is 4. The first-order valence-electron chi connectivity index (χ1n) is 10.6. The second kappa shape index (κ2) is 8.42. The Morgan fingerprint density at radius 2 is 1.69 bits per heavy atom. The molecule has 0 N–H and O–H groups in total. The largest absolute Gasteiger partial charge is 0.294 e. The molecule has 0 bridgehead atoms. The minimum absolute atomic E-state index is 0.0965. The molecule has 2 aromatic heterocycles. The van der Waals surface area contributed by atoms with Crippen LogP contribution < -0.4 is 0 Å². The van der Waals surface area contributed by atoms with Crippen LogP contribution in [-0.2, 0) is 19.3 Å². The van der Waals surface area contributed by atoms with Crippen LogP contribution in [0.4, 0.5) is 8.78 Å². The Balaban J connectivity index is 1.50. The third kappa shape index (κ3) is 3.82. The lowest BCUT2D eigenvalue weighted by molar-refractivity contribution is 0.0985. The number of carbonyl (C=O) groups is 1. The molecule has 0 fully saturated rings. The van der Waals surface area contributed by atoms with Gasteiger partial charge in [0.25, 0.3) is 0 Å². The number of pyridine rings is 2. The van der Waals surface area contributed by atoms with E-state index in [-0.39, 0.29) is 6.42 Å². The van der Waals surface area contributed by atoms with Gasteiger partial charge in [0.05, 0.1) is 11.3 Å². The highest BCUT2D eigenvalue weighted by atomic mass is 19.1. The molecule has 158 valence electrons. The Hall–Kier alpha value is -3.73. The third-order valence-electron chi connectivity index (χ3n) is 5.88. The molecule has 5 rings (SSSR count). The number of Topliss-reactive ketones (excluding diaryl/α,β-unsaturated/α-hetero) is 1. The van der Waals surface area contributed by atoms with Crippen molar-refractivity contribution < 1.29 is 13.6 Å². The molecule has 1 aliphatic carbocycles. The van der Waals surface area contributed by atoms with Crippen molar-refractivity contribution >= 4 is 5.78 Å². The molecule has 0 atom stereocenters. The van der Waals surface area contributed by atoms with Crippen molar-refractivity contribution in [3.8, 4) is 22.4 Å². The van der Waals surface area contributed by atoms with Gasteiger partial charge in [-0.3, -0.25) is 14.8 Å². The zero-order valence-corrected chi connectivity index (χ0v) is 17.3. The number of ketones is 1. The number of nitrogens with zero attached hydrogens (tertiary/aromatic N) is 2.